The molecule has 1 nitrogen and oxygen atoms in total. The maximum atomic E-state index is 13.8. The number of aliphatic hydroxyl groups excluding tert-OH is 1. The van der Waals surface area contributed by atoms with Crippen molar-refractivity contribution in [1.82, 2.24) is 0 Å². The van der Waals surface area contributed by atoms with E-state index >= 15 is 0 Å². The number of hydrogen-bond acceptors (Lipinski definition) is 1. The molecule has 0 radical (unpaired) electrons. The summed E-state index contributed by atoms with van der Waals surface area (Å²) in [5.74, 6) is -0.284. The highest BCUT2D eigenvalue weighted by molar-refractivity contribution is 5.69. The third kappa shape index (κ3) is 2.14. The minimum Gasteiger partial charge on any atom is -0.507 e. The molecule has 0 saturated heterocycles. The maximum Gasteiger partial charge on any atom is 0.134 e. The molecule has 2 aliphatic rings. The molecule has 0 unspecified atom stereocenters. The van der Waals surface area contributed by atoms with Gasteiger partial charge in [0.15, 0.2) is 0 Å². The number of aliphatic hydroxyl groups is 1. The van der Waals surface area contributed by atoms with Crippen molar-refractivity contribution in [3.8, 4) is 0 Å². The summed E-state index contributed by atoms with van der Waals surface area (Å²) in [6.45, 7) is 0. The minimum atomic E-state index is -0.374. The summed E-state index contributed by atoms with van der Waals surface area (Å²) in [6, 6.07) is 6.38. The molecular weight excluding hydrogens is 239 g/mol. The topological polar surface area (TPSA) is 20.2 Å². The summed E-state index contributed by atoms with van der Waals surface area (Å²) < 4.78 is 13.8. The highest BCUT2D eigenvalue weighted by Gasteiger charge is 2.22. The molecule has 1 N–H and O–H groups in total. The summed E-state index contributed by atoms with van der Waals surface area (Å²) in [5, 5.41) is 10.4. The van der Waals surface area contributed by atoms with Crippen LogP contribution in [-0.4, -0.2) is 5.11 Å². The van der Waals surface area contributed by atoms with E-state index in [2.05, 4.69) is 0 Å². The van der Waals surface area contributed by atoms with Crippen molar-refractivity contribution >= 4 is 5.76 Å². The Morgan fingerprint density at radius 3 is 2.53 bits per heavy atom. The fourth-order valence-electron chi connectivity index (χ4n) is 2.71. The van der Waals surface area contributed by atoms with Crippen LogP contribution in [0.15, 0.2) is 65.3 Å². The molecule has 0 bridgehead atoms. The molecule has 1 saturated carbocycles. The van der Waals surface area contributed by atoms with Gasteiger partial charge >= 0.3 is 0 Å². The van der Waals surface area contributed by atoms with Crippen LogP contribution in [0.1, 0.15) is 24.8 Å². The lowest BCUT2D eigenvalue weighted by atomic mass is 9.99. The van der Waals surface area contributed by atoms with Gasteiger partial charge < -0.3 is 5.11 Å². The van der Waals surface area contributed by atoms with E-state index in [0.717, 1.165) is 36.0 Å². The molecule has 0 heterocycles. The largest absolute Gasteiger partial charge is 0.507 e. The lowest BCUT2D eigenvalue weighted by molar-refractivity contribution is 0.497. The fraction of sp³-hybridized carbons (Fsp3) is 0.176. The fourth-order valence-corrected chi connectivity index (χ4v) is 2.71. The zero-order valence-corrected chi connectivity index (χ0v) is 10.6. The van der Waals surface area contributed by atoms with E-state index in [1.165, 1.54) is 6.07 Å². The van der Waals surface area contributed by atoms with Crippen LogP contribution in [-0.2, 0) is 0 Å². The van der Waals surface area contributed by atoms with Gasteiger partial charge in [0.05, 0.1) is 5.56 Å². The van der Waals surface area contributed by atoms with E-state index in [0.29, 0.717) is 5.56 Å². The number of hydrogen-bond donors (Lipinski definition) is 1. The van der Waals surface area contributed by atoms with Gasteiger partial charge in [0.2, 0.25) is 0 Å². The predicted octanol–water partition coefficient (Wildman–Crippen LogP) is 4.70. The van der Waals surface area contributed by atoms with Gasteiger partial charge in [-0.15, -0.1) is 0 Å². The van der Waals surface area contributed by atoms with E-state index in [4.69, 9.17) is 0 Å². The van der Waals surface area contributed by atoms with Gasteiger partial charge in [-0.05, 0) is 48.1 Å². The number of rotatable bonds is 1. The molecule has 1 aromatic carbocycles. The Labute approximate surface area is 112 Å². The molecule has 1 fully saturated rings. The average Bonchev–Trinajstić information content (AvgIpc) is 3.09. The van der Waals surface area contributed by atoms with Crippen LogP contribution in [0.4, 0.5) is 4.39 Å². The molecule has 0 amide bonds. The Balaban J connectivity index is 2.12. The van der Waals surface area contributed by atoms with Crippen LogP contribution in [0.25, 0.3) is 5.76 Å². The molecule has 0 spiro atoms. The first-order valence-corrected chi connectivity index (χ1v) is 6.52. The second kappa shape index (κ2) is 4.88. The van der Waals surface area contributed by atoms with Gasteiger partial charge in [-0.3, -0.25) is 0 Å². The van der Waals surface area contributed by atoms with Crippen molar-refractivity contribution in [2.45, 2.75) is 19.3 Å². The molecule has 0 atom stereocenters. The van der Waals surface area contributed by atoms with Crippen LogP contribution < -0.4 is 0 Å². The Hall–Kier alpha value is -2.09. The van der Waals surface area contributed by atoms with Crippen LogP contribution in [0, 0.1) is 5.82 Å². The summed E-state index contributed by atoms with van der Waals surface area (Å²) in [6.07, 6.45) is 10.8. The maximum absolute atomic E-state index is 13.8. The van der Waals surface area contributed by atoms with Crippen LogP contribution in [0.3, 0.4) is 0 Å². The van der Waals surface area contributed by atoms with E-state index in [1.807, 2.05) is 24.3 Å². The average molecular weight is 254 g/mol. The highest BCUT2D eigenvalue weighted by Crippen LogP contribution is 2.38. The zero-order valence-electron chi connectivity index (χ0n) is 10.6. The first-order chi connectivity index (χ1) is 9.27. The second-order valence-corrected chi connectivity index (χ2v) is 4.81. The second-order valence-electron chi connectivity index (χ2n) is 4.81. The predicted molar refractivity (Wildman–Crippen MR) is 75.1 cm³/mol. The lowest BCUT2D eigenvalue weighted by Crippen LogP contribution is -1.94. The van der Waals surface area contributed by atoms with Gasteiger partial charge in [0.1, 0.15) is 11.6 Å². The zero-order chi connectivity index (χ0) is 13.2. The van der Waals surface area contributed by atoms with E-state index in [1.54, 1.807) is 18.2 Å². The van der Waals surface area contributed by atoms with Gasteiger partial charge in [0.25, 0.3) is 0 Å². The Bertz CT molecular complexity index is 618. The van der Waals surface area contributed by atoms with Crippen molar-refractivity contribution in [2.24, 2.45) is 0 Å². The molecule has 2 aliphatic carbocycles. The highest BCUT2D eigenvalue weighted by atomic mass is 19.1. The smallest absolute Gasteiger partial charge is 0.134 e. The monoisotopic (exact) mass is 254 g/mol. The Morgan fingerprint density at radius 2 is 1.79 bits per heavy atom. The third-order valence-electron chi connectivity index (χ3n) is 3.64. The summed E-state index contributed by atoms with van der Waals surface area (Å²) in [4.78, 5) is 0. The molecule has 2 heteroatoms. The first kappa shape index (κ1) is 12.0. The van der Waals surface area contributed by atoms with Crippen LogP contribution >= 0.6 is 0 Å². The molecule has 0 aromatic heterocycles. The van der Waals surface area contributed by atoms with Crippen LogP contribution in [0.2, 0.25) is 0 Å². The molecule has 96 valence electrons. The van der Waals surface area contributed by atoms with Gasteiger partial charge in [0, 0.05) is 0 Å². The normalized spacial score (nSPS) is 20.5. The van der Waals surface area contributed by atoms with E-state index in [-0.39, 0.29) is 11.6 Å². The first-order valence-electron chi connectivity index (χ1n) is 6.52. The van der Waals surface area contributed by atoms with Crippen molar-refractivity contribution in [1.29, 1.82) is 0 Å². The minimum absolute atomic E-state index is 0.0896. The van der Waals surface area contributed by atoms with Crippen molar-refractivity contribution < 1.29 is 9.50 Å². The molecular formula is C17H15FO. The quantitative estimate of drug-likeness (QED) is 0.720. The summed E-state index contributed by atoms with van der Waals surface area (Å²) in [7, 11) is 0. The molecule has 3 rings (SSSR count). The van der Waals surface area contributed by atoms with Gasteiger partial charge in [-0.2, -0.15) is 0 Å². The van der Waals surface area contributed by atoms with Crippen molar-refractivity contribution in [3.63, 3.8) is 0 Å². The third-order valence-corrected chi connectivity index (χ3v) is 3.64. The van der Waals surface area contributed by atoms with Crippen LogP contribution in [0.5, 0.6) is 0 Å². The number of allylic oxidation sites excluding steroid dienone is 7. The van der Waals surface area contributed by atoms with E-state index in [9.17, 15) is 9.50 Å². The molecule has 0 aliphatic heterocycles. The summed E-state index contributed by atoms with van der Waals surface area (Å²) >= 11 is 0. The Kier molecular flexibility index (Phi) is 3.08. The number of halogens is 1. The van der Waals surface area contributed by atoms with Gasteiger partial charge in [-0.1, -0.05) is 36.4 Å². The molecule has 19 heavy (non-hydrogen) atoms. The Morgan fingerprint density at radius 1 is 1.05 bits per heavy atom. The molecule has 1 aromatic rings. The van der Waals surface area contributed by atoms with E-state index < -0.39 is 0 Å². The van der Waals surface area contributed by atoms with Crippen molar-refractivity contribution in [2.75, 3.05) is 0 Å². The standard InChI is InChI=1S/C17H15FO/c18-16-11-4-3-8-15(16)17(19)14-10-5-9-13(14)12-6-1-2-7-12/h1-4,6-8,11,19H,5,9-10H2. The number of benzene rings is 1. The lowest BCUT2D eigenvalue weighted by Gasteiger charge is -2.09. The van der Waals surface area contributed by atoms with Crippen molar-refractivity contribution in [3.05, 3.63) is 76.7 Å². The SMILES string of the molecule is OC(=C1CCCC1=C1C=CC=C1)c1ccccc1F. The van der Waals surface area contributed by atoms with Gasteiger partial charge in [-0.25, -0.2) is 4.39 Å². The summed E-state index contributed by atoms with van der Waals surface area (Å²) in [5.41, 5.74) is 3.46.